The van der Waals surface area contributed by atoms with Crippen LogP contribution < -0.4 is 4.74 Å². The van der Waals surface area contributed by atoms with Crippen molar-refractivity contribution in [3.05, 3.63) is 29.3 Å². The summed E-state index contributed by atoms with van der Waals surface area (Å²) in [6.07, 6.45) is 4.62. The first-order valence-corrected chi connectivity index (χ1v) is 11.1. The van der Waals surface area contributed by atoms with Gasteiger partial charge in [0.05, 0.1) is 12.6 Å². The number of halogens is 1. The predicted octanol–water partition coefficient (Wildman–Crippen LogP) is 3.04. The van der Waals surface area contributed by atoms with Crippen LogP contribution in [0.25, 0.3) is 0 Å². The van der Waals surface area contributed by atoms with Crippen molar-refractivity contribution in [3.8, 4) is 5.75 Å². The van der Waals surface area contributed by atoms with E-state index in [9.17, 15) is 9.59 Å². The zero-order valence-corrected chi connectivity index (χ0v) is 18.1. The third kappa shape index (κ3) is 6.34. The van der Waals surface area contributed by atoms with Crippen LogP contribution in [0.4, 0.5) is 0 Å². The van der Waals surface area contributed by atoms with E-state index in [1.807, 2.05) is 28.9 Å². The molecule has 0 aliphatic carbocycles. The Balaban J connectivity index is 1.34. The van der Waals surface area contributed by atoms with Gasteiger partial charge < -0.3 is 14.5 Å². The Morgan fingerprint density at radius 3 is 2.28 bits per heavy atom. The number of benzene rings is 1. The van der Waals surface area contributed by atoms with Crippen LogP contribution in [-0.2, 0) is 9.59 Å². The number of rotatable bonds is 7. The molecular formula is C22H32ClN3O3. The van der Waals surface area contributed by atoms with Crippen molar-refractivity contribution in [1.82, 2.24) is 14.7 Å². The number of likely N-dealkylation sites (tertiary alicyclic amines) is 1. The van der Waals surface area contributed by atoms with E-state index in [0.717, 1.165) is 44.8 Å². The summed E-state index contributed by atoms with van der Waals surface area (Å²) in [6, 6.07) is 7.14. The second-order valence-electron chi connectivity index (χ2n) is 7.88. The van der Waals surface area contributed by atoms with Gasteiger partial charge in [-0.2, -0.15) is 0 Å². The maximum Gasteiger partial charge on any atom is 0.239 e. The van der Waals surface area contributed by atoms with Gasteiger partial charge in [0, 0.05) is 50.7 Å². The summed E-state index contributed by atoms with van der Waals surface area (Å²) in [5, 5.41) is 0.679. The van der Waals surface area contributed by atoms with Crippen molar-refractivity contribution >= 4 is 23.4 Å². The highest BCUT2D eigenvalue weighted by molar-refractivity contribution is 6.30. The zero-order valence-electron chi connectivity index (χ0n) is 17.3. The number of amides is 2. The van der Waals surface area contributed by atoms with Crippen LogP contribution in [0.15, 0.2) is 24.3 Å². The maximum absolute atomic E-state index is 12.7. The van der Waals surface area contributed by atoms with Gasteiger partial charge in [0.1, 0.15) is 5.75 Å². The van der Waals surface area contributed by atoms with Gasteiger partial charge >= 0.3 is 0 Å². The van der Waals surface area contributed by atoms with Gasteiger partial charge in [0.25, 0.3) is 0 Å². The number of piperazine rings is 1. The predicted molar refractivity (Wildman–Crippen MR) is 114 cm³/mol. The third-order valence-electron chi connectivity index (χ3n) is 5.86. The Labute approximate surface area is 178 Å². The van der Waals surface area contributed by atoms with Crippen LogP contribution in [0, 0.1) is 0 Å². The highest BCUT2D eigenvalue weighted by Gasteiger charge is 2.30. The Hall–Kier alpha value is -1.79. The molecule has 2 aliphatic rings. The second kappa shape index (κ2) is 10.8. The van der Waals surface area contributed by atoms with Crippen LogP contribution >= 0.6 is 11.6 Å². The standard InChI is InChI=1S/C22H32ClN3O3/c1-18(22(28)26-11-3-2-4-12-26)24-13-15-25(16-14-24)21(27)6-5-17-29-20-9-7-19(23)8-10-20/h7-10,18H,2-6,11-17H2,1H3. The molecule has 1 unspecified atom stereocenters. The Bertz CT molecular complexity index is 668. The molecule has 0 saturated carbocycles. The van der Waals surface area contributed by atoms with E-state index < -0.39 is 0 Å². The minimum absolute atomic E-state index is 0.0990. The van der Waals surface area contributed by atoms with Crippen LogP contribution in [0.1, 0.15) is 39.0 Å². The summed E-state index contributed by atoms with van der Waals surface area (Å²) < 4.78 is 5.65. The molecule has 0 bridgehead atoms. The molecule has 1 aromatic rings. The molecule has 2 heterocycles. The lowest BCUT2D eigenvalue weighted by Gasteiger charge is -2.39. The number of carbonyl (C=O) groups is 2. The lowest BCUT2D eigenvalue weighted by Crippen LogP contribution is -2.56. The first-order valence-electron chi connectivity index (χ1n) is 10.7. The molecule has 160 valence electrons. The monoisotopic (exact) mass is 421 g/mol. The third-order valence-corrected chi connectivity index (χ3v) is 6.11. The van der Waals surface area contributed by atoms with Crippen molar-refractivity contribution in [2.24, 2.45) is 0 Å². The first kappa shape index (κ1) is 21.9. The van der Waals surface area contributed by atoms with Gasteiger partial charge in [-0.05, 0) is 56.9 Å². The summed E-state index contributed by atoms with van der Waals surface area (Å²) in [5.41, 5.74) is 0. The van der Waals surface area contributed by atoms with Crippen molar-refractivity contribution in [3.63, 3.8) is 0 Å². The van der Waals surface area contributed by atoms with E-state index in [4.69, 9.17) is 16.3 Å². The summed E-state index contributed by atoms with van der Waals surface area (Å²) in [4.78, 5) is 31.3. The maximum atomic E-state index is 12.7. The number of piperidine rings is 1. The van der Waals surface area contributed by atoms with Gasteiger partial charge in [0.2, 0.25) is 11.8 Å². The van der Waals surface area contributed by atoms with Crippen molar-refractivity contribution in [2.45, 2.75) is 45.1 Å². The van der Waals surface area contributed by atoms with Gasteiger partial charge in [-0.15, -0.1) is 0 Å². The molecule has 2 saturated heterocycles. The van der Waals surface area contributed by atoms with Crippen molar-refractivity contribution in [1.29, 1.82) is 0 Å². The molecule has 2 amide bonds. The van der Waals surface area contributed by atoms with Gasteiger partial charge in [-0.1, -0.05) is 11.6 Å². The van der Waals surface area contributed by atoms with Crippen LogP contribution in [0.5, 0.6) is 5.75 Å². The van der Waals surface area contributed by atoms with Gasteiger partial charge in [0.15, 0.2) is 0 Å². The topological polar surface area (TPSA) is 53.1 Å². The Kier molecular flexibility index (Phi) is 8.19. The lowest BCUT2D eigenvalue weighted by atomic mass is 10.1. The van der Waals surface area contributed by atoms with Crippen molar-refractivity contribution < 1.29 is 14.3 Å². The average molecular weight is 422 g/mol. The molecule has 2 fully saturated rings. The summed E-state index contributed by atoms with van der Waals surface area (Å²) in [5.74, 6) is 1.17. The molecule has 0 spiro atoms. The van der Waals surface area contributed by atoms with Crippen LogP contribution in [0.2, 0.25) is 5.02 Å². The highest BCUT2D eigenvalue weighted by atomic mass is 35.5. The molecule has 0 radical (unpaired) electrons. The van der Waals surface area contributed by atoms with Crippen LogP contribution in [0.3, 0.4) is 0 Å². The normalized spacial score (nSPS) is 19.1. The summed E-state index contributed by atoms with van der Waals surface area (Å²) >= 11 is 5.86. The minimum atomic E-state index is -0.0990. The zero-order chi connectivity index (χ0) is 20.6. The van der Waals surface area contributed by atoms with E-state index >= 15 is 0 Å². The summed E-state index contributed by atoms with van der Waals surface area (Å²) in [7, 11) is 0. The SMILES string of the molecule is CC(C(=O)N1CCCCC1)N1CCN(C(=O)CCCOc2ccc(Cl)cc2)CC1. The van der Waals surface area contributed by atoms with Crippen molar-refractivity contribution in [2.75, 3.05) is 45.9 Å². The smallest absolute Gasteiger partial charge is 0.239 e. The lowest BCUT2D eigenvalue weighted by molar-refractivity contribution is -0.139. The Morgan fingerprint density at radius 1 is 0.966 bits per heavy atom. The van der Waals surface area contributed by atoms with Gasteiger partial charge in [-0.25, -0.2) is 0 Å². The fraction of sp³-hybridized carbons (Fsp3) is 0.636. The van der Waals surface area contributed by atoms with Gasteiger partial charge in [-0.3, -0.25) is 14.5 Å². The van der Waals surface area contributed by atoms with E-state index in [1.165, 1.54) is 6.42 Å². The van der Waals surface area contributed by atoms with E-state index in [0.29, 0.717) is 37.6 Å². The highest BCUT2D eigenvalue weighted by Crippen LogP contribution is 2.17. The molecule has 3 rings (SSSR count). The largest absolute Gasteiger partial charge is 0.494 e. The molecule has 0 N–H and O–H groups in total. The molecule has 29 heavy (non-hydrogen) atoms. The van der Waals surface area contributed by atoms with E-state index in [1.54, 1.807) is 12.1 Å². The Morgan fingerprint density at radius 2 is 1.62 bits per heavy atom. The number of ether oxygens (including phenoxy) is 1. The molecule has 0 aromatic heterocycles. The van der Waals surface area contributed by atoms with E-state index in [-0.39, 0.29) is 17.9 Å². The molecule has 7 heteroatoms. The molecular weight excluding hydrogens is 390 g/mol. The molecule has 1 atom stereocenters. The molecule has 2 aliphatic heterocycles. The second-order valence-corrected chi connectivity index (χ2v) is 8.32. The average Bonchev–Trinajstić information content (AvgIpc) is 2.77. The fourth-order valence-electron chi connectivity index (χ4n) is 4.00. The first-order chi connectivity index (χ1) is 14.0. The number of hydrogen-bond acceptors (Lipinski definition) is 4. The summed E-state index contributed by atoms with van der Waals surface area (Å²) in [6.45, 7) is 7.18. The number of carbonyl (C=O) groups excluding carboxylic acids is 2. The number of nitrogens with zero attached hydrogens (tertiary/aromatic N) is 3. The molecule has 1 aromatic carbocycles. The fourth-order valence-corrected chi connectivity index (χ4v) is 4.12. The van der Waals surface area contributed by atoms with E-state index in [2.05, 4.69) is 4.90 Å². The molecule has 6 nitrogen and oxygen atoms in total. The van der Waals surface area contributed by atoms with Crippen LogP contribution in [-0.4, -0.2) is 78.4 Å². The number of hydrogen-bond donors (Lipinski definition) is 0. The minimum Gasteiger partial charge on any atom is -0.494 e. The quantitative estimate of drug-likeness (QED) is 0.635.